The van der Waals surface area contributed by atoms with Crippen LogP contribution in [0.15, 0.2) is 146 Å². The van der Waals surface area contributed by atoms with Crippen LogP contribution in [0.4, 0.5) is 0 Å². The standard InChI is InChI=1S/C42H32O2/c43-41-37-21-9-5-17-33(37)25-29-13-1-2-14-30(29)26-34-18-6-10-22-38(34)42(44)40-24-12-8-20-36(40)28-32-16-4-3-15-31(32)27-35-19-7-11-23-39(35)41/h1-24H,25-28H2. The lowest BCUT2D eigenvalue weighted by Crippen LogP contribution is -2.12. The minimum absolute atomic E-state index is 0.0496. The molecule has 212 valence electrons. The highest BCUT2D eigenvalue weighted by molar-refractivity contribution is 6.11. The summed E-state index contributed by atoms with van der Waals surface area (Å²) >= 11 is 0. The largest absolute Gasteiger partial charge is 0.289 e. The fraction of sp³-hybridized carbons (Fsp3) is 0.0952. The van der Waals surface area contributed by atoms with Crippen molar-refractivity contribution in [1.82, 2.24) is 0 Å². The van der Waals surface area contributed by atoms with Gasteiger partial charge in [0.25, 0.3) is 0 Å². The summed E-state index contributed by atoms with van der Waals surface area (Å²) in [5.41, 5.74) is 11.5. The van der Waals surface area contributed by atoms with Gasteiger partial charge in [-0.2, -0.15) is 0 Å². The normalized spacial score (nSPS) is 13.2. The summed E-state index contributed by atoms with van der Waals surface area (Å²) in [6, 6.07) is 48.7. The number of hydrogen-bond donors (Lipinski definition) is 0. The number of hydrogen-bond acceptors (Lipinski definition) is 2. The Hall–Kier alpha value is -5.34. The maximum absolute atomic E-state index is 14.3. The van der Waals surface area contributed by atoms with Crippen LogP contribution in [0.5, 0.6) is 0 Å². The Bertz CT molecular complexity index is 1730. The zero-order valence-electron chi connectivity index (χ0n) is 24.5. The Kier molecular flexibility index (Phi) is 7.56. The van der Waals surface area contributed by atoms with Gasteiger partial charge in [0, 0.05) is 22.3 Å². The summed E-state index contributed by atoms with van der Waals surface area (Å²) in [4.78, 5) is 28.5. The lowest BCUT2D eigenvalue weighted by molar-refractivity contribution is 0.102. The third-order valence-corrected chi connectivity index (χ3v) is 8.81. The summed E-state index contributed by atoms with van der Waals surface area (Å²) in [7, 11) is 0. The Labute approximate surface area is 258 Å². The second-order valence-corrected chi connectivity index (χ2v) is 11.5. The molecule has 0 amide bonds. The maximum atomic E-state index is 14.3. The molecule has 0 bridgehead atoms. The first-order chi connectivity index (χ1) is 21.7. The van der Waals surface area contributed by atoms with Gasteiger partial charge in [0.05, 0.1) is 0 Å². The number of rotatable bonds is 0. The average Bonchev–Trinajstić information content (AvgIpc) is 3.07. The summed E-state index contributed by atoms with van der Waals surface area (Å²) in [5.74, 6) is 0.0992. The van der Waals surface area contributed by atoms with Crippen molar-refractivity contribution in [2.75, 3.05) is 0 Å². The number of ketones is 2. The predicted octanol–water partition coefficient (Wildman–Crippen LogP) is 8.83. The minimum Gasteiger partial charge on any atom is -0.289 e. The molecule has 0 atom stereocenters. The second-order valence-electron chi connectivity index (χ2n) is 11.5. The molecule has 0 heterocycles. The number of carbonyl (C=O) groups is 2. The van der Waals surface area contributed by atoms with Crippen LogP contribution < -0.4 is 0 Å². The molecule has 0 radical (unpaired) electrons. The van der Waals surface area contributed by atoms with Crippen LogP contribution in [-0.2, 0) is 25.7 Å². The third-order valence-electron chi connectivity index (χ3n) is 8.81. The van der Waals surface area contributed by atoms with Gasteiger partial charge in [0.15, 0.2) is 11.6 Å². The predicted molar refractivity (Wildman–Crippen MR) is 177 cm³/mol. The van der Waals surface area contributed by atoms with E-state index in [9.17, 15) is 9.59 Å². The van der Waals surface area contributed by atoms with Crippen molar-refractivity contribution in [3.05, 3.63) is 212 Å². The molecular weight excluding hydrogens is 536 g/mol. The molecule has 0 saturated heterocycles. The minimum atomic E-state index is 0.0496. The fourth-order valence-electron chi connectivity index (χ4n) is 6.50. The molecule has 7 rings (SSSR count). The molecule has 6 aromatic carbocycles. The van der Waals surface area contributed by atoms with Crippen LogP contribution in [-0.4, -0.2) is 11.6 Å². The van der Waals surface area contributed by atoms with E-state index in [2.05, 4.69) is 72.8 Å². The zero-order chi connectivity index (χ0) is 29.9. The molecule has 6 aromatic rings. The zero-order valence-corrected chi connectivity index (χ0v) is 24.5. The van der Waals surface area contributed by atoms with Crippen molar-refractivity contribution in [3.8, 4) is 0 Å². The van der Waals surface area contributed by atoms with E-state index < -0.39 is 0 Å². The summed E-state index contributed by atoms with van der Waals surface area (Å²) in [6.07, 6.45) is 2.51. The van der Waals surface area contributed by atoms with Crippen molar-refractivity contribution >= 4 is 11.6 Å². The molecule has 44 heavy (non-hydrogen) atoms. The Morgan fingerprint density at radius 1 is 0.250 bits per heavy atom. The van der Waals surface area contributed by atoms with E-state index in [1.54, 1.807) is 0 Å². The SMILES string of the molecule is O=C1c2ccccc2Cc2ccccc2Cc2ccccc2C(=O)c2ccccc2Cc2ccccc2Cc2ccccc21. The molecule has 0 fully saturated rings. The quantitative estimate of drug-likeness (QED) is 0.183. The van der Waals surface area contributed by atoms with Gasteiger partial charge in [0.2, 0.25) is 0 Å². The van der Waals surface area contributed by atoms with Gasteiger partial charge in [-0.3, -0.25) is 9.59 Å². The highest BCUT2D eigenvalue weighted by Crippen LogP contribution is 2.28. The average molecular weight is 569 g/mol. The van der Waals surface area contributed by atoms with E-state index in [4.69, 9.17) is 0 Å². The van der Waals surface area contributed by atoms with E-state index in [1.807, 2.05) is 72.8 Å². The van der Waals surface area contributed by atoms with Gasteiger partial charge < -0.3 is 0 Å². The van der Waals surface area contributed by atoms with Crippen molar-refractivity contribution in [2.24, 2.45) is 0 Å². The fourth-order valence-corrected chi connectivity index (χ4v) is 6.50. The lowest BCUT2D eigenvalue weighted by atomic mass is 9.85. The Balaban J connectivity index is 1.43. The van der Waals surface area contributed by atoms with Crippen LogP contribution in [0.25, 0.3) is 0 Å². The topological polar surface area (TPSA) is 34.1 Å². The Morgan fingerprint density at radius 2 is 0.432 bits per heavy atom. The lowest BCUT2D eigenvalue weighted by Gasteiger charge is -2.18. The van der Waals surface area contributed by atoms with Crippen molar-refractivity contribution in [1.29, 1.82) is 0 Å². The molecule has 2 nitrogen and oxygen atoms in total. The summed E-state index contributed by atoms with van der Waals surface area (Å²) in [5, 5.41) is 0. The number of fused-ring (bicyclic) bond motifs is 6. The Morgan fingerprint density at radius 3 is 0.659 bits per heavy atom. The van der Waals surface area contributed by atoms with E-state index in [0.29, 0.717) is 25.7 Å². The molecule has 0 saturated carbocycles. The number of carbonyl (C=O) groups excluding carboxylic acids is 2. The van der Waals surface area contributed by atoms with Gasteiger partial charge in [-0.1, -0.05) is 146 Å². The maximum Gasteiger partial charge on any atom is 0.193 e. The van der Waals surface area contributed by atoms with E-state index in [0.717, 1.165) is 66.8 Å². The highest BCUT2D eigenvalue weighted by Gasteiger charge is 2.21. The molecule has 0 aliphatic heterocycles. The first-order valence-corrected chi connectivity index (χ1v) is 15.2. The molecule has 1 aliphatic rings. The number of benzene rings is 6. The highest BCUT2D eigenvalue weighted by atomic mass is 16.1. The van der Waals surface area contributed by atoms with Gasteiger partial charge in [-0.05, 0) is 70.2 Å². The van der Waals surface area contributed by atoms with Crippen LogP contribution >= 0.6 is 0 Å². The van der Waals surface area contributed by atoms with Gasteiger partial charge >= 0.3 is 0 Å². The van der Waals surface area contributed by atoms with Gasteiger partial charge in [-0.25, -0.2) is 0 Å². The summed E-state index contributed by atoms with van der Waals surface area (Å²) in [6.45, 7) is 0. The smallest absolute Gasteiger partial charge is 0.193 e. The molecule has 0 spiro atoms. The van der Waals surface area contributed by atoms with Crippen molar-refractivity contribution < 1.29 is 9.59 Å². The third kappa shape index (κ3) is 5.43. The van der Waals surface area contributed by atoms with Crippen molar-refractivity contribution in [3.63, 3.8) is 0 Å². The second kappa shape index (κ2) is 12.1. The van der Waals surface area contributed by atoms with E-state index in [-0.39, 0.29) is 11.6 Å². The molecule has 0 N–H and O–H groups in total. The van der Waals surface area contributed by atoms with Crippen molar-refractivity contribution in [2.45, 2.75) is 25.7 Å². The van der Waals surface area contributed by atoms with Crippen LogP contribution in [0.1, 0.15) is 76.4 Å². The van der Waals surface area contributed by atoms with E-state index in [1.165, 1.54) is 0 Å². The van der Waals surface area contributed by atoms with Crippen LogP contribution in [0.3, 0.4) is 0 Å². The summed E-state index contributed by atoms with van der Waals surface area (Å²) < 4.78 is 0. The molecule has 0 unspecified atom stereocenters. The molecule has 2 heteroatoms. The molecular formula is C42H32O2. The first-order valence-electron chi connectivity index (χ1n) is 15.2. The van der Waals surface area contributed by atoms with Crippen LogP contribution in [0.2, 0.25) is 0 Å². The van der Waals surface area contributed by atoms with E-state index >= 15 is 0 Å². The van der Waals surface area contributed by atoms with Gasteiger partial charge in [0.1, 0.15) is 0 Å². The van der Waals surface area contributed by atoms with Gasteiger partial charge in [-0.15, -0.1) is 0 Å². The molecule has 0 aromatic heterocycles. The monoisotopic (exact) mass is 568 g/mol. The van der Waals surface area contributed by atoms with Crippen LogP contribution in [0, 0.1) is 0 Å². The first kappa shape index (κ1) is 27.5. The molecule has 1 aliphatic carbocycles.